The molecule has 94 valence electrons. The SMILES string of the molecule is CC(O)CCNC(=O)CCC1CCCCN1. The van der Waals surface area contributed by atoms with Gasteiger partial charge in [0, 0.05) is 19.0 Å². The normalized spacial score (nSPS) is 22.8. The Kier molecular flexibility index (Phi) is 6.42. The molecule has 1 heterocycles. The van der Waals surface area contributed by atoms with Crippen LogP contribution < -0.4 is 10.6 Å². The van der Waals surface area contributed by atoms with E-state index in [9.17, 15) is 4.79 Å². The van der Waals surface area contributed by atoms with Crippen molar-refractivity contribution in [3.8, 4) is 0 Å². The van der Waals surface area contributed by atoms with Gasteiger partial charge in [0.05, 0.1) is 6.10 Å². The highest BCUT2D eigenvalue weighted by Crippen LogP contribution is 2.11. The van der Waals surface area contributed by atoms with Crippen molar-refractivity contribution in [2.24, 2.45) is 0 Å². The molecule has 0 aromatic heterocycles. The van der Waals surface area contributed by atoms with E-state index in [1.54, 1.807) is 6.92 Å². The van der Waals surface area contributed by atoms with Crippen LogP contribution in [0.15, 0.2) is 0 Å². The molecule has 0 bridgehead atoms. The van der Waals surface area contributed by atoms with Crippen molar-refractivity contribution in [1.29, 1.82) is 0 Å². The molecule has 0 radical (unpaired) electrons. The molecule has 2 atom stereocenters. The van der Waals surface area contributed by atoms with E-state index in [2.05, 4.69) is 10.6 Å². The summed E-state index contributed by atoms with van der Waals surface area (Å²) < 4.78 is 0. The largest absolute Gasteiger partial charge is 0.393 e. The second kappa shape index (κ2) is 7.63. The maximum absolute atomic E-state index is 11.4. The van der Waals surface area contributed by atoms with Gasteiger partial charge < -0.3 is 15.7 Å². The third-order valence-electron chi connectivity index (χ3n) is 3.02. The highest BCUT2D eigenvalue weighted by atomic mass is 16.3. The van der Waals surface area contributed by atoms with E-state index >= 15 is 0 Å². The first kappa shape index (κ1) is 13.5. The molecule has 2 unspecified atom stereocenters. The Morgan fingerprint density at radius 3 is 3.00 bits per heavy atom. The Morgan fingerprint density at radius 2 is 2.38 bits per heavy atom. The van der Waals surface area contributed by atoms with E-state index in [1.165, 1.54) is 19.3 Å². The molecule has 1 amide bonds. The van der Waals surface area contributed by atoms with Gasteiger partial charge in [-0.15, -0.1) is 0 Å². The van der Waals surface area contributed by atoms with Crippen LogP contribution >= 0.6 is 0 Å². The lowest BCUT2D eigenvalue weighted by Crippen LogP contribution is -2.35. The molecular weight excluding hydrogens is 204 g/mol. The summed E-state index contributed by atoms with van der Waals surface area (Å²) in [6.07, 6.45) is 5.56. The fourth-order valence-electron chi connectivity index (χ4n) is 1.98. The van der Waals surface area contributed by atoms with Gasteiger partial charge in [0.2, 0.25) is 5.91 Å². The van der Waals surface area contributed by atoms with Crippen molar-refractivity contribution >= 4 is 5.91 Å². The summed E-state index contributed by atoms with van der Waals surface area (Å²) in [5, 5.41) is 15.3. The van der Waals surface area contributed by atoms with Crippen LogP contribution in [-0.4, -0.2) is 36.2 Å². The third kappa shape index (κ3) is 6.08. The molecular formula is C12H24N2O2. The second-order valence-electron chi connectivity index (χ2n) is 4.67. The fourth-order valence-corrected chi connectivity index (χ4v) is 1.98. The number of carbonyl (C=O) groups excluding carboxylic acids is 1. The zero-order chi connectivity index (χ0) is 11.8. The molecule has 0 spiro atoms. The van der Waals surface area contributed by atoms with Crippen molar-refractivity contribution in [3.63, 3.8) is 0 Å². The maximum atomic E-state index is 11.4. The number of hydrogen-bond donors (Lipinski definition) is 3. The van der Waals surface area contributed by atoms with Crippen LogP contribution in [0.1, 0.15) is 45.4 Å². The molecule has 0 aromatic carbocycles. The van der Waals surface area contributed by atoms with Gasteiger partial charge >= 0.3 is 0 Å². The first-order valence-electron chi connectivity index (χ1n) is 6.36. The van der Waals surface area contributed by atoms with Crippen LogP contribution in [0, 0.1) is 0 Å². The first-order chi connectivity index (χ1) is 7.68. The molecule has 1 saturated heterocycles. The molecule has 0 aromatic rings. The minimum Gasteiger partial charge on any atom is -0.393 e. The van der Waals surface area contributed by atoms with Gasteiger partial charge in [-0.2, -0.15) is 0 Å². The molecule has 4 heteroatoms. The monoisotopic (exact) mass is 228 g/mol. The highest BCUT2D eigenvalue weighted by Gasteiger charge is 2.13. The van der Waals surface area contributed by atoms with E-state index in [4.69, 9.17) is 5.11 Å². The molecule has 16 heavy (non-hydrogen) atoms. The summed E-state index contributed by atoms with van der Waals surface area (Å²) in [5.41, 5.74) is 0. The van der Waals surface area contributed by atoms with Gasteiger partial charge in [-0.3, -0.25) is 4.79 Å². The van der Waals surface area contributed by atoms with E-state index in [0.717, 1.165) is 13.0 Å². The van der Waals surface area contributed by atoms with Crippen molar-refractivity contribution in [2.75, 3.05) is 13.1 Å². The smallest absolute Gasteiger partial charge is 0.220 e. The van der Waals surface area contributed by atoms with Crippen LogP contribution in [-0.2, 0) is 4.79 Å². The Labute approximate surface area is 97.8 Å². The van der Waals surface area contributed by atoms with E-state index < -0.39 is 0 Å². The molecule has 0 aliphatic carbocycles. The molecule has 1 aliphatic heterocycles. The van der Waals surface area contributed by atoms with E-state index in [0.29, 0.717) is 25.4 Å². The Morgan fingerprint density at radius 1 is 1.56 bits per heavy atom. The lowest BCUT2D eigenvalue weighted by atomic mass is 10.0. The van der Waals surface area contributed by atoms with Crippen molar-refractivity contribution in [1.82, 2.24) is 10.6 Å². The van der Waals surface area contributed by atoms with E-state index in [-0.39, 0.29) is 12.0 Å². The van der Waals surface area contributed by atoms with Crippen LogP contribution in [0.3, 0.4) is 0 Å². The topological polar surface area (TPSA) is 61.4 Å². The van der Waals surface area contributed by atoms with Gasteiger partial charge in [0.15, 0.2) is 0 Å². The fraction of sp³-hybridized carbons (Fsp3) is 0.917. The highest BCUT2D eigenvalue weighted by molar-refractivity contribution is 5.75. The number of aliphatic hydroxyl groups is 1. The zero-order valence-electron chi connectivity index (χ0n) is 10.2. The molecule has 3 N–H and O–H groups in total. The predicted molar refractivity (Wildman–Crippen MR) is 64.2 cm³/mol. The first-order valence-corrected chi connectivity index (χ1v) is 6.36. The lowest BCUT2D eigenvalue weighted by molar-refractivity contribution is -0.121. The number of amides is 1. The van der Waals surface area contributed by atoms with Crippen molar-refractivity contribution in [3.05, 3.63) is 0 Å². The average molecular weight is 228 g/mol. The number of carbonyl (C=O) groups is 1. The number of hydrogen-bond acceptors (Lipinski definition) is 3. The summed E-state index contributed by atoms with van der Waals surface area (Å²) in [6.45, 7) is 3.40. The van der Waals surface area contributed by atoms with Crippen LogP contribution in [0.25, 0.3) is 0 Å². The summed E-state index contributed by atoms with van der Waals surface area (Å²) >= 11 is 0. The van der Waals surface area contributed by atoms with E-state index in [1.807, 2.05) is 0 Å². The number of aliphatic hydroxyl groups excluding tert-OH is 1. The number of nitrogens with one attached hydrogen (secondary N) is 2. The molecule has 4 nitrogen and oxygen atoms in total. The van der Waals surface area contributed by atoms with Gasteiger partial charge in [-0.1, -0.05) is 6.42 Å². The third-order valence-corrected chi connectivity index (χ3v) is 3.02. The summed E-state index contributed by atoms with van der Waals surface area (Å²) in [7, 11) is 0. The summed E-state index contributed by atoms with van der Waals surface area (Å²) in [5.74, 6) is 0.105. The number of rotatable bonds is 6. The van der Waals surface area contributed by atoms with Crippen LogP contribution in [0.2, 0.25) is 0 Å². The van der Waals surface area contributed by atoms with Crippen molar-refractivity contribution < 1.29 is 9.90 Å². The standard InChI is InChI=1S/C12H24N2O2/c1-10(15)7-9-14-12(16)6-5-11-4-2-3-8-13-11/h10-11,13,15H,2-9H2,1H3,(H,14,16). The van der Waals surface area contributed by atoms with Crippen LogP contribution in [0.4, 0.5) is 0 Å². The maximum Gasteiger partial charge on any atom is 0.220 e. The predicted octanol–water partition coefficient (Wildman–Crippen LogP) is 0.796. The number of piperidine rings is 1. The zero-order valence-corrected chi connectivity index (χ0v) is 10.2. The average Bonchev–Trinajstić information content (AvgIpc) is 2.27. The molecule has 0 saturated carbocycles. The second-order valence-corrected chi connectivity index (χ2v) is 4.67. The Bertz CT molecular complexity index is 201. The minimum atomic E-state index is -0.333. The summed E-state index contributed by atoms with van der Waals surface area (Å²) in [4.78, 5) is 11.4. The van der Waals surface area contributed by atoms with Crippen molar-refractivity contribution in [2.45, 2.75) is 57.6 Å². The molecule has 1 rings (SSSR count). The van der Waals surface area contributed by atoms with Gasteiger partial charge in [0.25, 0.3) is 0 Å². The summed E-state index contributed by atoms with van der Waals surface area (Å²) in [6, 6.07) is 0.524. The van der Waals surface area contributed by atoms with Gasteiger partial charge in [-0.25, -0.2) is 0 Å². The minimum absolute atomic E-state index is 0.105. The quantitative estimate of drug-likeness (QED) is 0.630. The van der Waals surface area contributed by atoms with Gasteiger partial charge in [-0.05, 0) is 39.2 Å². The molecule has 1 fully saturated rings. The Balaban J connectivity index is 2.00. The molecule has 1 aliphatic rings. The van der Waals surface area contributed by atoms with Crippen LogP contribution in [0.5, 0.6) is 0 Å². The van der Waals surface area contributed by atoms with Gasteiger partial charge in [0.1, 0.15) is 0 Å². The lowest BCUT2D eigenvalue weighted by Gasteiger charge is -2.23. The Hall–Kier alpha value is -0.610.